The molecule has 0 atom stereocenters. The van der Waals surface area contributed by atoms with Gasteiger partial charge in [0.05, 0.1) is 16.3 Å². The standard InChI is InChI=1S/C16H18N2OS/c1-2-3-4-7-11-15-14(10-17-16(11)19)20-13-9-6-5-8-12(13)18-15/h5-6,8-10,18H,2-4,7H2,1H3,(H,17,19). The number of rotatable bonds is 4. The molecule has 0 aliphatic carbocycles. The van der Waals surface area contributed by atoms with E-state index in [0.717, 1.165) is 47.5 Å². The number of nitrogens with one attached hydrogen (secondary N) is 2. The first kappa shape index (κ1) is 13.3. The highest BCUT2D eigenvalue weighted by Gasteiger charge is 2.19. The van der Waals surface area contributed by atoms with Crippen LogP contribution in [-0.4, -0.2) is 4.98 Å². The van der Waals surface area contributed by atoms with Crippen LogP contribution in [0.5, 0.6) is 0 Å². The topological polar surface area (TPSA) is 44.9 Å². The smallest absolute Gasteiger partial charge is 0.253 e. The molecule has 4 heteroatoms. The van der Waals surface area contributed by atoms with E-state index in [4.69, 9.17) is 0 Å². The molecule has 1 aliphatic heterocycles. The highest BCUT2D eigenvalue weighted by Crippen LogP contribution is 2.44. The average molecular weight is 286 g/mol. The second-order valence-electron chi connectivity index (χ2n) is 5.02. The molecule has 104 valence electrons. The molecule has 1 aliphatic rings. The molecule has 2 aromatic rings. The number of pyridine rings is 1. The van der Waals surface area contributed by atoms with Gasteiger partial charge in [0.2, 0.25) is 0 Å². The largest absolute Gasteiger partial charge is 0.353 e. The number of hydrogen-bond acceptors (Lipinski definition) is 3. The number of aromatic nitrogens is 1. The number of hydrogen-bond donors (Lipinski definition) is 2. The fourth-order valence-electron chi connectivity index (χ4n) is 2.47. The Morgan fingerprint density at radius 3 is 2.85 bits per heavy atom. The number of unbranched alkanes of at least 4 members (excludes halogenated alkanes) is 2. The first-order valence-corrected chi connectivity index (χ1v) is 7.89. The van der Waals surface area contributed by atoms with Crippen LogP contribution < -0.4 is 10.9 Å². The lowest BCUT2D eigenvalue weighted by molar-refractivity contribution is 0.712. The Morgan fingerprint density at radius 2 is 2.00 bits per heavy atom. The first-order valence-electron chi connectivity index (χ1n) is 7.08. The van der Waals surface area contributed by atoms with Gasteiger partial charge in [0.1, 0.15) is 0 Å². The van der Waals surface area contributed by atoms with Crippen molar-refractivity contribution in [1.29, 1.82) is 0 Å². The van der Waals surface area contributed by atoms with E-state index in [-0.39, 0.29) is 5.56 Å². The lowest BCUT2D eigenvalue weighted by atomic mass is 10.1. The minimum atomic E-state index is 0.0346. The minimum absolute atomic E-state index is 0.0346. The van der Waals surface area contributed by atoms with Crippen LogP contribution in [0.4, 0.5) is 11.4 Å². The lowest BCUT2D eigenvalue weighted by Gasteiger charge is -2.22. The predicted octanol–water partition coefficient (Wildman–Crippen LogP) is 4.32. The molecule has 0 unspecified atom stereocenters. The van der Waals surface area contributed by atoms with Crippen molar-refractivity contribution in [3.05, 3.63) is 46.4 Å². The summed E-state index contributed by atoms with van der Waals surface area (Å²) in [5.74, 6) is 0. The van der Waals surface area contributed by atoms with E-state index in [1.54, 1.807) is 11.8 Å². The Bertz CT molecular complexity index is 678. The van der Waals surface area contributed by atoms with E-state index in [2.05, 4.69) is 29.4 Å². The normalized spacial score (nSPS) is 12.4. The van der Waals surface area contributed by atoms with Crippen LogP contribution in [0.15, 0.2) is 45.0 Å². The van der Waals surface area contributed by atoms with Crippen LogP contribution >= 0.6 is 11.8 Å². The maximum atomic E-state index is 12.1. The molecule has 0 spiro atoms. The summed E-state index contributed by atoms with van der Waals surface area (Å²) in [5, 5.41) is 3.44. The summed E-state index contributed by atoms with van der Waals surface area (Å²) in [6, 6.07) is 8.20. The molecule has 1 aromatic carbocycles. The number of benzene rings is 1. The number of aromatic amines is 1. The van der Waals surface area contributed by atoms with E-state index < -0.39 is 0 Å². The van der Waals surface area contributed by atoms with E-state index in [9.17, 15) is 4.79 Å². The summed E-state index contributed by atoms with van der Waals surface area (Å²) in [7, 11) is 0. The zero-order valence-corrected chi connectivity index (χ0v) is 12.3. The predicted molar refractivity (Wildman–Crippen MR) is 84.1 cm³/mol. The summed E-state index contributed by atoms with van der Waals surface area (Å²) < 4.78 is 0. The minimum Gasteiger partial charge on any atom is -0.353 e. The van der Waals surface area contributed by atoms with Crippen LogP contribution in [0.2, 0.25) is 0 Å². The van der Waals surface area contributed by atoms with Gasteiger partial charge in [-0.05, 0) is 25.0 Å². The molecule has 2 N–H and O–H groups in total. The summed E-state index contributed by atoms with van der Waals surface area (Å²) in [6.45, 7) is 2.18. The van der Waals surface area contributed by atoms with Crippen molar-refractivity contribution in [1.82, 2.24) is 4.98 Å². The SMILES string of the molecule is CCCCCc1c2c(c[nH]c1=O)Sc1ccccc1N2. The zero-order valence-electron chi connectivity index (χ0n) is 11.5. The third kappa shape index (κ3) is 2.48. The molecule has 20 heavy (non-hydrogen) atoms. The number of anilines is 2. The molecule has 1 aromatic heterocycles. The van der Waals surface area contributed by atoms with Gasteiger partial charge in [-0.25, -0.2) is 0 Å². The second kappa shape index (κ2) is 5.75. The highest BCUT2D eigenvalue weighted by atomic mass is 32.2. The lowest BCUT2D eigenvalue weighted by Crippen LogP contribution is -2.17. The molecular weight excluding hydrogens is 268 g/mol. The zero-order chi connectivity index (χ0) is 13.9. The van der Waals surface area contributed by atoms with Gasteiger partial charge in [0, 0.05) is 16.7 Å². The van der Waals surface area contributed by atoms with Crippen LogP contribution in [0.1, 0.15) is 31.7 Å². The van der Waals surface area contributed by atoms with Crippen molar-refractivity contribution >= 4 is 23.1 Å². The van der Waals surface area contributed by atoms with Gasteiger partial charge in [-0.15, -0.1) is 0 Å². The van der Waals surface area contributed by atoms with Crippen LogP contribution in [0.3, 0.4) is 0 Å². The molecule has 0 amide bonds. The quantitative estimate of drug-likeness (QED) is 0.702. The summed E-state index contributed by atoms with van der Waals surface area (Å²) >= 11 is 1.71. The van der Waals surface area contributed by atoms with Crippen molar-refractivity contribution in [2.24, 2.45) is 0 Å². The van der Waals surface area contributed by atoms with Crippen molar-refractivity contribution < 1.29 is 0 Å². The molecule has 3 rings (SSSR count). The number of H-pyrrole nitrogens is 1. The summed E-state index contributed by atoms with van der Waals surface area (Å²) in [4.78, 5) is 17.3. The molecular formula is C16H18N2OS. The molecule has 0 radical (unpaired) electrons. The number of para-hydroxylation sites is 1. The maximum absolute atomic E-state index is 12.1. The van der Waals surface area contributed by atoms with E-state index in [1.807, 2.05) is 18.3 Å². The second-order valence-corrected chi connectivity index (χ2v) is 6.10. The molecule has 0 saturated carbocycles. The van der Waals surface area contributed by atoms with Gasteiger partial charge < -0.3 is 10.3 Å². The van der Waals surface area contributed by atoms with Crippen LogP contribution in [0.25, 0.3) is 0 Å². The summed E-state index contributed by atoms with van der Waals surface area (Å²) in [5.41, 5.74) is 3.01. The molecule has 2 heterocycles. The first-order chi connectivity index (χ1) is 9.79. The molecule has 0 fully saturated rings. The van der Waals surface area contributed by atoms with Gasteiger partial charge in [-0.3, -0.25) is 4.79 Å². The molecule has 3 nitrogen and oxygen atoms in total. The average Bonchev–Trinajstić information content (AvgIpc) is 2.48. The van der Waals surface area contributed by atoms with Gasteiger partial charge in [-0.1, -0.05) is 43.7 Å². The van der Waals surface area contributed by atoms with Crippen molar-refractivity contribution in [2.75, 3.05) is 5.32 Å². The van der Waals surface area contributed by atoms with E-state index in [0.29, 0.717) is 0 Å². The Hall–Kier alpha value is -1.68. The fraction of sp³-hybridized carbons (Fsp3) is 0.312. The van der Waals surface area contributed by atoms with Gasteiger partial charge in [-0.2, -0.15) is 0 Å². The van der Waals surface area contributed by atoms with Gasteiger partial charge in [0.25, 0.3) is 5.56 Å². The van der Waals surface area contributed by atoms with Crippen LogP contribution in [0, 0.1) is 0 Å². The Morgan fingerprint density at radius 1 is 1.15 bits per heavy atom. The summed E-state index contributed by atoms with van der Waals surface area (Å²) in [6.07, 6.45) is 6.03. The van der Waals surface area contributed by atoms with Crippen molar-refractivity contribution in [3.8, 4) is 0 Å². The van der Waals surface area contributed by atoms with Crippen LogP contribution in [-0.2, 0) is 6.42 Å². The number of fused-ring (bicyclic) bond motifs is 2. The monoisotopic (exact) mass is 286 g/mol. The van der Waals surface area contributed by atoms with E-state index in [1.165, 1.54) is 4.90 Å². The Balaban J connectivity index is 1.96. The fourth-order valence-corrected chi connectivity index (χ4v) is 3.48. The van der Waals surface area contributed by atoms with Gasteiger partial charge >= 0.3 is 0 Å². The maximum Gasteiger partial charge on any atom is 0.253 e. The Labute approximate surface area is 122 Å². The van der Waals surface area contributed by atoms with Crippen molar-refractivity contribution in [3.63, 3.8) is 0 Å². The third-order valence-corrected chi connectivity index (χ3v) is 4.67. The van der Waals surface area contributed by atoms with Crippen molar-refractivity contribution in [2.45, 2.75) is 42.4 Å². The van der Waals surface area contributed by atoms with E-state index >= 15 is 0 Å². The Kier molecular flexibility index (Phi) is 3.83. The molecule has 0 saturated heterocycles. The highest BCUT2D eigenvalue weighted by molar-refractivity contribution is 7.99. The third-order valence-electron chi connectivity index (χ3n) is 3.55. The molecule has 0 bridgehead atoms. The van der Waals surface area contributed by atoms with Gasteiger partial charge in [0.15, 0.2) is 0 Å².